The van der Waals surface area contributed by atoms with Crippen molar-refractivity contribution in [2.45, 2.75) is 12.8 Å². The fourth-order valence-electron chi connectivity index (χ4n) is 4.26. The molecule has 0 saturated heterocycles. The Morgan fingerprint density at radius 3 is 1.19 bits per heavy atom. The van der Waals surface area contributed by atoms with Crippen LogP contribution in [0, 0.1) is 0 Å². The largest absolute Gasteiger partial charge is 0.497 e. The van der Waals surface area contributed by atoms with E-state index in [0.717, 1.165) is 24.3 Å². The van der Waals surface area contributed by atoms with E-state index >= 15 is 0 Å². The maximum Gasteiger partial charge on any atom is 0.118 e. The summed E-state index contributed by atoms with van der Waals surface area (Å²) in [5.74, 6) is 1.72. The van der Waals surface area contributed by atoms with Crippen molar-refractivity contribution in [3.8, 4) is 11.5 Å². The van der Waals surface area contributed by atoms with Crippen LogP contribution in [0.25, 0.3) is 11.1 Å². The van der Waals surface area contributed by atoms with Gasteiger partial charge in [0.25, 0.3) is 0 Å². The molecule has 0 atom stereocenters. The molecule has 4 aromatic rings. The molecule has 0 fully saturated rings. The van der Waals surface area contributed by atoms with Gasteiger partial charge in [-0.05, 0) is 70.5 Å². The van der Waals surface area contributed by atoms with Gasteiger partial charge in [0.05, 0.1) is 27.4 Å². The number of ether oxygens (including phenoxy) is 3. The molecule has 4 aromatic carbocycles. The van der Waals surface area contributed by atoms with Crippen molar-refractivity contribution in [3.05, 3.63) is 144 Å². The van der Waals surface area contributed by atoms with Gasteiger partial charge in [0.1, 0.15) is 11.5 Å². The molecule has 4 rings (SSSR count). The van der Waals surface area contributed by atoms with Crippen molar-refractivity contribution in [3.63, 3.8) is 0 Å². The van der Waals surface area contributed by atoms with Gasteiger partial charge in [-0.2, -0.15) is 0 Å². The summed E-state index contributed by atoms with van der Waals surface area (Å²) in [5.41, 5.74) is 7.14. The molecular weight excluding hydrogens is 456 g/mol. The Morgan fingerprint density at radius 1 is 0.486 bits per heavy atom. The lowest BCUT2D eigenvalue weighted by molar-refractivity contribution is 0.143. The van der Waals surface area contributed by atoms with Gasteiger partial charge in [0.2, 0.25) is 0 Å². The third-order valence-electron chi connectivity index (χ3n) is 6.19. The predicted molar refractivity (Wildman–Crippen MR) is 153 cm³/mol. The molecular formula is C34H34O3. The Balaban J connectivity index is 1.38. The maximum atomic E-state index is 6.02. The van der Waals surface area contributed by atoms with Gasteiger partial charge in [0, 0.05) is 0 Å². The summed E-state index contributed by atoms with van der Waals surface area (Å²) < 4.78 is 16.7. The highest BCUT2D eigenvalue weighted by Crippen LogP contribution is 2.27. The summed E-state index contributed by atoms with van der Waals surface area (Å²) in [4.78, 5) is 0. The minimum atomic E-state index is 0.670. The SMILES string of the molecule is COc1ccc(/C(=C/CCOCC/C=C(\c2ccccc2)c2ccc(OC)cc2)c2ccccc2)cc1. The first-order valence-electron chi connectivity index (χ1n) is 12.7. The number of rotatable bonds is 12. The standard InChI is InChI=1S/C34H34O3/c1-35-31-21-17-29(18-22-31)33(27-11-5-3-6-12-27)15-9-25-37-26-10-16-34(28-13-7-4-8-14-28)30-19-23-32(36-2)24-20-30/h3-8,11-24H,9-10,25-26H2,1-2H3/b33-15+,34-16+. The van der Waals surface area contributed by atoms with Crippen molar-refractivity contribution in [1.82, 2.24) is 0 Å². The highest BCUT2D eigenvalue weighted by molar-refractivity contribution is 5.80. The van der Waals surface area contributed by atoms with Gasteiger partial charge in [-0.3, -0.25) is 0 Å². The normalized spacial score (nSPS) is 11.8. The van der Waals surface area contributed by atoms with Crippen LogP contribution < -0.4 is 9.47 Å². The van der Waals surface area contributed by atoms with E-state index in [1.54, 1.807) is 14.2 Å². The number of hydrogen-bond acceptors (Lipinski definition) is 3. The molecule has 0 heterocycles. The van der Waals surface area contributed by atoms with Crippen LogP contribution in [0.4, 0.5) is 0 Å². The van der Waals surface area contributed by atoms with Crippen molar-refractivity contribution in [2.75, 3.05) is 27.4 Å². The van der Waals surface area contributed by atoms with Crippen LogP contribution in [0.5, 0.6) is 11.5 Å². The number of hydrogen-bond donors (Lipinski definition) is 0. The molecule has 0 unspecified atom stereocenters. The van der Waals surface area contributed by atoms with Crippen molar-refractivity contribution in [2.24, 2.45) is 0 Å². The highest BCUT2D eigenvalue weighted by Gasteiger charge is 2.06. The molecule has 0 spiro atoms. The summed E-state index contributed by atoms with van der Waals surface area (Å²) in [6.45, 7) is 1.34. The van der Waals surface area contributed by atoms with E-state index in [-0.39, 0.29) is 0 Å². The molecule has 0 radical (unpaired) electrons. The molecule has 188 valence electrons. The molecule has 0 N–H and O–H groups in total. The Labute approximate surface area is 220 Å². The molecule has 0 aromatic heterocycles. The third-order valence-corrected chi connectivity index (χ3v) is 6.19. The van der Waals surface area contributed by atoms with E-state index in [0.29, 0.717) is 13.2 Å². The zero-order chi connectivity index (χ0) is 25.7. The lowest BCUT2D eigenvalue weighted by Crippen LogP contribution is -1.97. The topological polar surface area (TPSA) is 27.7 Å². The van der Waals surface area contributed by atoms with Crippen molar-refractivity contribution >= 4 is 11.1 Å². The van der Waals surface area contributed by atoms with Crippen molar-refractivity contribution in [1.29, 1.82) is 0 Å². The molecule has 0 bridgehead atoms. The molecule has 0 amide bonds. The monoisotopic (exact) mass is 490 g/mol. The summed E-state index contributed by atoms with van der Waals surface area (Å²) in [7, 11) is 3.38. The zero-order valence-corrected chi connectivity index (χ0v) is 21.6. The summed E-state index contributed by atoms with van der Waals surface area (Å²) in [5, 5.41) is 0. The summed E-state index contributed by atoms with van der Waals surface area (Å²) in [6.07, 6.45) is 6.20. The molecule has 0 saturated carbocycles. The Bertz CT molecular complexity index is 1170. The van der Waals surface area contributed by atoms with Crippen LogP contribution in [-0.4, -0.2) is 27.4 Å². The predicted octanol–water partition coefficient (Wildman–Crippen LogP) is 8.06. The van der Waals surface area contributed by atoms with E-state index in [2.05, 4.69) is 84.9 Å². The van der Waals surface area contributed by atoms with Crippen LogP contribution in [0.15, 0.2) is 121 Å². The average Bonchev–Trinajstić information content (AvgIpc) is 2.97. The smallest absolute Gasteiger partial charge is 0.118 e. The van der Waals surface area contributed by atoms with Gasteiger partial charge < -0.3 is 14.2 Å². The van der Waals surface area contributed by atoms with Gasteiger partial charge >= 0.3 is 0 Å². The molecule has 3 nitrogen and oxygen atoms in total. The second kappa shape index (κ2) is 13.9. The molecule has 0 aliphatic carbocycles. The van der Waals surface area contributed by atoms with Crippen LogP contribution in [-0.2, 0) is 4.74 Å². The molecule has 37 heavy (non-hydrogen) atoms. The van der Waals surface area contributed by atoms with Crippen LogP contribution in [0.3, 0.4) is 0 Å². The summed E-state index contributed by atoms with van der Waals surface area (Å²) in [6, 6.07) is 37.4. The Morgan fingerprint density at radius 2 is 0.838 bits per heavy atom. The Kier molecular flexibility index (Phi) is 9.74. The fraction of sp³-hybridized carbons (Fsp3) is 0.176. The van der Waals surface area contributed by atoms with Crippen LogP contribution in [0.1, 0.15) is 35.1 Å². The zero-order valence-electron chi connectivity index (χ0n) is 21.6. The minimum absolute atomic E-state index is 0.670. The second-order valence-electron chi connectivity index (χ2n) is 8.61. The van der Waals surface area contributed by atoms with Gasteiger partial charge in [-0.15, -0.1) is 0 Å². The number of benzene rings is 4. The fourth-order valence-corrected chi connectivity index (χ4v) is 4.26. The van der Waals surface area contributed by atoms with E-state index < -0.39 is 0 Å². The third kappa shape index (κ3) is 7.45. The van der Waals surface area contributed by atoms with E-state index in [9.17, 15) is 0 Å². The number of methoxy groups -OCH3 is 2. The first kappa shape index (κ1) is 26.0. The lowest BCUT2D eigenvalue weighted by atomic mass is 9.97. The lowest BCUT2D eigenvalue weighted by Gasteiger charge is -2.11. The average molecular weight is 491 g/mol. The first-order chi connectivity index (χ1) is 18.3. The minimum Gasteiger partial charge on any atom is -0.497 e. The Hall–Kier alpha value is -4.08. The quantitative estimate of drug-likeness (QED) is 0.188. The second-order valence-corrected chi connectivity index (χ2v) is 8.61. The summed E-state index contributed by atoms with van der Waals surface area (Å²) >= 11 is 0. The van der Waals surface area contributed by atoms with E-state index in [4.69, 9.17) is 14.2 Å². The van der Waals surface area contributed by atoms with E-state index in [1.807, 2.05) is 36.4 Å². The van der Waals surface area contributed by atoms with Gasteiger partial charge in [0.15, 0.2) is 0 Å². The van der Waals surface area contributed by atoms with Gasteiger partial charge in [-0.1, -0.05) is 97.1 Å². The van der Waals surface area contributed by atoms with E-state index in [1.165, 1.54) is 33.4 Å². The highest BCUT2D eigenvalue weighted by atomic mass is 16.5. The van der Waals surface area contributed by atoms with Crippen molar-refractivity contribution < 1.29 is 14.2 Å². The van der Waals surface area contributed by atoms with Gasteiger partial charge in [-0.25, -0.2) is 0 Å². The first-order valence-corrected chi connectivity index (χ1v) is 12.7. The molecule has 0 aliphatic heterocycles. The maximum absolute atomic E-state index is 6.02. The van der Waals surface area contributed by atoms with Crippen LogP contribution >= 0.6 is 0 Å². The molecule has 3 heteroatoms. The molecule has 0 aliphatic rings. The van der Waals surface area contributed by atoms with Crippen LogP contribution in [0.2, 0.25) is 0 Å².